The number of ether oxygens (including phenoxy) is 4. The van der Waals surface area contributed by atoms with Crippen LogP contribution in [0.4, 0.5) is 14.6 Å². The van der Waals surface area contributed by atoms with Gasteiger partial charge in [-0.1, -0.05) is 24.3 Å². The molecule has 5 N–H and O–H groups in total. The highest BCUT2D eigenvalue weighted by atomic mass is 32.7. The molecule has 2 bridgehead atoms. The van der Waals surface area contributed by atoms with Crippen LogP contribution in [0.15, 0.2) is 132 Å². The molecule has 3 fully saturated rings. The number of nitrogens with zero attached hydrogens (tertiary/aromatic N) is 5. The van der Waals surface area contributed by atoms with Gasteiger partial charge in [-0.15, -0.1) is 0 Å². The number of hydrogen-bond acceptors (Lipinski definition) is 22. The zero-order chi connectivity index (χ0) is 53.3. The molecule has 7 aromatic rings. The number of nitrogen functional groups attached to an aromatic ring is 1. The van der Waals surface area contributed by atoms with E-state index in [9.17, 15) is 29.4 Å². The summed E-state index contributed by atoms with van der Waals surface area (Å²) in [6, 6.07) is 23.8. The largest absolute Gasteiger partial charge is 0.508 e. The summed E-state index contributed by atoms with van der Waals surface area (Å²) in [4.78, 5) is 65.0. The Bertz CT molecular complexity index is 3490. The summed E-state index contributed by atoms with van der Waals surface area (Å²) < 4.78 is 114. The van der Waals surface area contributed by atoms with E-state index >= 15 is 17.9 Å². The monoisotopic (exact) mass is 1120 g/mol. The molecule has 29 heteroatoms. The van der Waals surface area contributed by atoms with Crippen molar-refractivity contribution in [3.63, 3.8) is 0 Å². The lowest BCUT2D eigenvalue weighted by Crippen LogP contribution is -2.36. The number of carbonyl (C=O) groups excluding carboxylic acids is 2. The third-order valence-corrected chi connectivity index (χ3v) is 19.2. The highest BCUT2D eigenvalue weighted by Gasteiger charge is 2.55. The average molecular weight is 1120 g/mol. The number of rotatable bonds is 12. The second-order valence-corrected chi connectivity index (χ2v) is 25.0. The highest BCUT2D eigenvalue weighted by Crippen LogP contribution is 2.67. The predicted octanol–water partition coefficient (Wildman–Crippen LogP) is 7.18. The molecule has 6 heterocycles. The first kappa shape index (κ1) is 52.7. The smallest absolute Gasteiger partial charge is 0.390 e. The quantitative estimate of drug-likeness (QED) is 0.0535. The number of phenolic OH excluding ortho intramolecular Hbond substituents is 2. The van der Waals surface area contributed by atoms with Crippen molar-refractivity contribution in [2.45, 2.75) is 60.7 Å². The number of nitrogens with two attached hydrogens (primary N) is 1. The van der Waals surface area contributed by atoms with E-state index in [2.05, 4.69) is 15.0 Å². The van der Waals surface area contributed by atoms with Crippen molar-refractivity contribution in [1.82, 2.24) is 29.1 Å². The number of phenols is 2. The van der Waals surface area contributed by atoms with E-state index in [0.29, 0.717) is 33.9 Å². The molecule has 3 aliphatic rings. The third kappa shape index (κ3) is 11.6. The van der Waals surface area contributed by atoms with Crippen LogP contribution in [-0.4, -0.2) is 101 Å². The molecule has 0 aliphatic carbocycles. The van der Waals surface area contributed by atoms with Gasteiger partial charge < -0.3 is 34.9 Å². The van der Waals surface area contributed by atoms with Crippen LogP contribution < -0.4 is 26.5 Å². The van der Waals surface area contributed by atoms with E-state index in [1.54, 1.807) is 24.3 Å². The number of fused-ring (bicyclic) bond motifs is 4. The number of aromatic hydroxyl groups is 2. The Kier molecular flexibility index (Phi) is 15.3. The Hall–Kier alpha value is -6.77. The number of H-pyrrole nitrogens is 1. The van der Waals surface area contributed by atoms with Crippen molar-refractivity contribution in [2.24, 2.45) is 0 Å². The van der Waals surface area contributed by atoms with E-state index in [4.69, 9.17) is 42.8 Å². The molecule has 0 radical (unpaired) electrons. The maximum Gasteiger partial charge on any atom is 0.390 e. The maximum absolute atomic E-state index is 17.2. The number of nitrogens with one attached hydrogen (secondary N) is 1. The molecule has 23 nitrogen and oxygen atoms in total. The Morgan fingerprint density at radius 1 is 0.684 bits per heavy atom. The lowest BCUT2D eigenvalue weighted by atomic mass is 10.1. The number of benzene rings is 4. The second kappa shape index (κ2) is 22.1. The lowest BCUT2D eigenvalue weighted by Gasteiger charge is -2.28. The summed E-state index contributed by atoms with van der Waals surface area (Å²) in [5, 5.41) is 19.2. The van der Waals surface area contributed by atoms with Crippen molar-refractivity contribution in [1.29, 1.82) is 0 Å². The minimum atomic E-state index is -4.74. The summed E-state index contributed by atoms with van der Waals surface area (Å²) in [7, 11) is 0. The first-order valence-electron chi connectivity index (χ1n) is 22.7. The number of aromatic amines is 1. The first-order valence-corrected chi connectivity index (χ1v) is 29.0. The van der Waals surface area contributed by atoms with Gasteiger partial charge in [-0.2, -0.15) is 0 Å². The number of anilines is 1. The van der Waals surface area contributed by atoms with Gasteiger partial charge in [-0.05, 0) is 107 Å². The average Bonchev–Trinajstić information content (AvgIpc) is 4.10. The van der Waals surface area contributed by atoms with Gasteiger partial charge in [0.15, 0.2) is 36.3 Å². The fourth-order valence-electron chi connectivity index (χ4n) is 7.99. The Morgan fingerprint density at radius 3 is 1.76 bits per heavy atom. The maximum atomic E-state index is 17.2. The van der Waals surface area contributed by atoms with Crippen molar-refractivity contribution < 1.29 is 74.8 Å². The van der Waals surface area contributed by atoms with E-state index in [-0.39, 0.29) is 62.6 Å². The van der Waals surface area contributed by atoms with Crippen LogP contribution in [0.2, 0.25) is 0 Å². The minimum Gasteiger partial charge on any atom is -0.508 e. The SMILES string of the molecule is Nc1ncnc2c1ncn2[C@@H]1O[C@@H]2COP(=O)(SCc3ccc(OC(=O)c4ccc(O)cc4)cc3)O[C@H]3[C@@H](F)[C@H](n4ccc(=O)[nH]c4=O)O[C@@H]3COP(=O)(SCc3ccc(OC(=O)c4ccc(O)cc4)cc3)O[C@@H]1[C@@H]2F. The molecule has 3 aliphatic heterocycles. The van der Waals surface area contributed by atoms with E-state index in [1.807, 2.05) is 4.98 Å². The van der Waals surface area contributed by atoms with Gasteiger partial charge in [0, 0.05) is 23.8 Å². The topological polar surface area (TPSA) is 307 Å². The number of aromatic nitrogens is 6. The van der Waals surface area contributed by atoms with Gasteiger partial charge in [0.2, 0.25) is 0 Å². The molecular weight excluding hydrogens is 1080 g/mol. The molecule has 10 atom stereocenters. The summed E-state index contributed by atoms with van der Waals surface area (Å²) in [5.74, 6) is -1.55. The summed E-state index contributed by atoms with van der Waals surface area (Å²) in [6.45, 7) is -11.2. The van der Waals surface area contributed by atoms with E-state index in [1.165, 1.54) is 83.7 Å². The van der Waals surface area contributed by atoms with Gasteiger partial charge >= 0.3 is 31.2 Å². The zero-order valence-electron chi connectivity index (χ0n) is 38.9. The van der Waals surface area contributed by atoms with Crippen LogP contribution in [0, 0.1) is 0 Å². The number of alkyl halides is 2. The number of esters is 2. The van der Waals surface area contributed by atoms with Crippen molar-refractivity contribution in [3.8, 4) is 23.0 Å². The van der Waals surface area contributed by atoms with Gasteiger partial charge in [0.05, 0.1) is 30.7 Å². The van der Waals surface area contributed by atoms with Gasteiger partial charge in [0.25, 0.3) is 5.56 Å². The van der Waals surface area contributed by atoms with Gasteiger partial charge in [-0.25, -0.2) is 47.2 Å². The molecule has 0 amide bonds. The number of halogens is 2. The fraction of sp³-hybridized carbons (Fsp3) is 0.255. The van der Waals surface area contributed by atoms with Gasteiger partial charge in [0.1, 0.15) is 59.3 Å². The fourth-order valence-corrected chi connectivity index (χ4v) is 14.7. The molecule has 3 aromatic heterocycles. The van der Waals surface area contributed by atoms with Gasteiger partial charge in [-0.3, -0.25) is 37.0 Å². The Balaban J connectivity index is 0.950. The summed E-state index contributed by atoms with van der Waals surface area (Å²) in [6.07, 6.45) is -11.7. The van der Waals surface area contributed by atoms with Crippen LogP contribution in [0.5, 0.6) is 23.0 Å². The van der Waals surface area contributed by atoms with Crippen LogP contribution in [0.25, 0.3) is 11.2 Å². The van der Waals surface area contributed by atoms with Crippen LogP contribution in [0.1, 0.15) is 44.3 Å². The molecule has 396 valence electrons. The number of imidazole rings is 1. The van der Waals surface area contributed by atoms with E-state index in [0.717, 1.165) is 23.2 Å². The number of carbonyl (C=O) groups is 2. The van der Waals surface area contributed by atoms with Crippen LogP contribution in [0.3, 0.4) is 0 Å². The standard InChI is InChI=1S/C47H41F2N7O16P2S2/c48-36-33-19-65-73(63,75-21-25-1-13-31(14-2-25)67-45(60)27-5-9-29(57)10-6-27)71-39-34(70-43(37(39)49)55-18-17-35(59)54-47(55)62)20-66-74(64,72-40(36)44(69-33)56-24-53-38-41(50)51-23-52-42(38)56)76-22-26-3-15-32(16-4-26)68-46(61)28-7-11-30(58)12-8-28/h1-18,23-24,33-34,36-37,39-40,43-44,57-58H,19-22H2,(H2,50,51,52)(H,54,59,62)/t33-,34-,36-,37-,39-,40-,43-,44-,73?,74?/m1/s1. The zero-order valence-corrected chi connectivity index (χ0v) is 42.3. The third-order valence-electron chi connectivity index (χ3n) is 11.9. The molecule has 0 saturated carbocycles. The summed E-state index contributed by atoms with van der Waals surface area (Å²) in [5.41, 5.74) is 5.69. The van der Waals surface area contributed by atoms with Crippen LogP contribution in [-0.2, 0) is 48.2 Å². The normalized spacial score (nSPS) is 26.7. The van der Waals surface area contributed by atoms with Crippen LogP contribution >= 0.6 is 36.4 Å². The molecule has 10 rings (SSSR count). The minimum absolute atomic E-state index is 0.0247. The predicted molar refractivity (Wildman–Crippen MR) is 267 cm³/mol. The molecule has 0 spiro atoms. The van der Waals surface area contributed by atoms with Crippen molar-refractivity contribution >= 4 is 65.3 Å². The molecule has 76 heavy (non-hydrogen) atoms. The molecule has 4 aromatic carbocycles. The second-order valence-electron chi connectivity index (χ2n) is 17.0. The Morgan fingerprint density at radius 2 is 1.21 bits per heavy atom. The first-order chi connectivity index (χ1) is 36.5. The molecule has 2 unspecified atom stereocenters. The number of hydrogen-bond donors (Lipinski definition) is 4. The Labute approximate surface area is 435 Å². The van der Waals surface area contributed by atoms with Crippen molar-refractivity contribution in [2.75, 3.05) is 18.9 Å². The van der Waals surface area contributed by atoms with E-state index < -0.39 is 99.2 Å². The molecular formula is C47H41F2N7O16P2S2. The van der Waals surface area contributed by atoms with Crippen molar-refractivity contribution in [3.05, 3.63) is 165 Å². The summed E-state index contributed by atoms with van der Waals surface area (Å²) >= 11 is 1.16. The molecule has 3 saturated heterocycles. The lowest BCUT2D eigenvalue weighted by molar-refractivity contribution is -0.0576. The highest BCUT2D eigenvalue weighted by molar-refractivity contribution is 8.55.